The quantitative estimate of drug-likeness (QED) is 0.604. The molecule has 1 aliphatic carbocycles. The van der Waals surface area contributed by atoms with Gasteiger partial charge in [0, 0.05) is 18.3 Å². The molecule has 0 saturated heterocycles. The Morgan fingerprint density at radius 1 is 1.37 bits per heavy atom. The van der Waals surface area contributed by atoms with E-state index in [9.17, 15) is 9.59 Å². The molecule has 0 bridgehead atoms. The van der Waals surface area contributed by atoms with Gasteiger partial charge >= 0.3 is 5.97 Å². The number of carbonyl (C=O) groups is 2. The molecule has 3 unspecified atom stereocenters. The summed E-state index contributed by atoms with van der Waals surface area (Å²) in [7, 11) is 0. The molecule has 1 amide bonds. The maximum absolute atomic E-state index is 11.9. The van der Waals surface area contributed by atoms with E-state index in [1.54, 1.807) is 6.92 Å². The molecule has 1 saturated carbocycles. The van der Waals surface area contributed by atoms with Gasteiger partial charge in [0.15, 0.2) is 0 Å². The standard InChI is InChI=1S/C14H24ClNO3/c1-3-19-14(18)11-6-4-5-7-12(11)16-13(17)8-10(2)9-15/h10-12H,3-9H2,1-2H3,(H,16,17). The Balaban J connectivity index is 2.52. The van der Waals surface area contributed by atoms with Crippen molar-refractivity contribution in [2.24, 2.45) is 11.8 Å². The fourth-order valence-corrected chi connectivity index (χ4v) is 2.58. The number of hydrogen-bond acceptors (Lipinski definition) is 3. The van der Waals surface area contributed by atoms with Gasteiger partial charge in [-0.1, -0.05) is 19.8 Å². The van der Waals surface area contributed by atoms with Crippen LogP contribution in [0.15, 0.2) is 0 Å². The molecule has 1 aliphatic rings. The zero-order chi connectivity index (χ0) is 14.3. The second kappa shape index (κ2) is 8.41. The van der Waals surface area contributed by atoms with Crippen molar-refractivity contribution < 1.29 is 14.3 Å². The Kier molecular flexibility index (Phi) is 7.21. The molecule has 110 valence electrons. The summed E-state index contributed by atoms with van der Waals surface area (Å²) in [4.78, 5) is 23.8. The third kappa shape index (κ3) is 5.39. The summed E-state index contributed by atoms with van der Waals surface area (Å²) in [6.07, 6.45) is 4.13. The molecule has 0 aromatic carbocycles. The first-order chi connectivity index (χ1) is 9.08. The van der Waals surface area contributed by atoms with Gasteiger partial charge in [-0.3, -0.25) is 9.59 Å². The summed E-state index contributed by atoms with van der Waals surface area (Å²) in [6, 6.07) is -0.0807. The highest BCUT2D eigenvalue weighted by Crippen LogP contribution is 2.26. The number of alkyl halides is 1. The Bertz CT molecular complexity index is 309. The van der Waals surface area contributed by atoms with Crippen LogP contribution in [0.5, 0.6) is 0 Å². The highest BCUT2D eigenvalue weighted by molar-refractivity contribution is 6.18. The van der Waals surface area contributed by atoms with Crippen LogP contribution in [0.1, 0.15) is 46.0 Å². The van der Waals surface area contributed by atoms with Gasteiger partial charge in [-0.05, 0) is 25.7 Å². The lowest BCUT2D eigenvalue weighted by molar-refractivity contribution is -0.150. The average molecular weight is 290 g/mol. The first-order valence-electron chi connectivity index (χ1n) is 7.10. The normalized spacial score (nSPS) is 24.6. The number of nitrogens with one attached hydrogen (secondary N) is 1. The third-order valence-electron chi connectivity index (χ3n) is 3.50. The lowest BCUT2D eigenvalue weighted by Crippen LogP contribution is -2.46. The van der Waals surface area contributed by atoms with Crippen molar-refractivity contribution in [3.05, 3.63) is 0 Å². The Morgan fingerprint density at radius 3 is 2.68 bits per heavy atom. The van der Waals surface area contributed by atoms with Gasteiger partial charge in [-0.25, -0.2) is 0 Å². The van der Waals surface area contributed by atoms with Crippen molar-refractivity contribution in [3.63, 3.8) is 0 Å². The van der Waals surface area contributed by atoms with Crippen molar-refractivity contribution in [3.8, 4) is 0 Å². The van der Waals surface area contributed by atoms with Crippen molar-refractivity contribution in [2.45, 2.75) is 52.0 Å². The second-order valence-electron chi connectivity index (χ2n) is 5.28. The summed E-state index contributed by atoms with van der Waals surface area (Å²) in [6.45, 7) is 4.13. The maximum Gasteiger partial charge on any atom is 0.311 e. The molecule has 0 aromatic heterocycles. The van der Waals surface area contributed by atoms with Gasteiger partial charge in [-0.2, -0.15) is 0 Å². The predicted molar refractivity (Wildman–Crippen MR) is 75.0 cm³/mol. The van der Waals surface area contributed by atoms with Crippen LogP contribution in [0.3, 0.4) is 0 Å². The first kappa shape index (κ1) is 16.3. The summed E-state index contributed by atoms with van der Waals surface area (Å²) >= 11 is 5.71. The van der Waals surface area contributed by atoms with Crippen LogP contribution in [0.2, 0.25) is 0 Å². The molecule has 4 nitrogen and oxygen atoms in total. The number of rotatable bonds is 6. The third-order valence-corrected chi connectivity index (χ3v) is 4.03. The van der Waals surface area contributed by atoms with Gasteiger partial charge in [0.1, 0.15) is 0 Å². The zero-order valence-electron chi connectivity index (χ0n) is 11.8. The first-order valence-corrected chi connectivity index (χ1v) is 7.63. The van der Waals surface area contributed by atoms with Gasteiger partial charge < -0.3 is 10.1 Å². The number of esters is 1. The van der Waals surface area contributed by atoms with E-state index in [1.165, 1.54) is 0 Å². The van der Waals surface area contributed by atoms with E-state index in [-0.39, 0.29) is 29.8 Å². The van der Waals surface area contributed by atoms with Crippen LogP contribution in [0.25, 0.3) is 0 Å². The Morgan fingerprint density at radius 2 is 2.05 bits per heavy atom. The van der Waals surface area contributed by atoms with Crippen LogP contribution in [-0.2, 0) is 14.3 Å². The molecule has 5 heteroatoms. The van der Waals surface area contributed by atoms with Gasteiger partial charge in [0.2, 0.25) is 5.91 Å². The molecule has 1 N–H and O–H groups in total. The van der Waals surface area contributed by atoms with Crippen molar-refractivity contribution in [1.82, 2.24) is 5.32 Å². The highest BCUT2D eigenvalue weighted by atomic mass is 35.5. The van der Waals surface area contributed by atoms with E-state index in [2.05, 4.69) is 5.32 Å². The molecule has 19 heavy (non-hydrogen) atoms. The monoisotopic (exact) mass is 289 g/mol. The number of halogens is 1. The molecule has 0 aromatic rings. The smallest absolute Gasteiger partial charge is 0.311 e. The lowest BCUT2D eigenvalue weighted by Gasteiger charge is -2.30. The maximum atomic E-state index is 11.9. The van der Waals surface area contributed by atoms with Crippen molar-refractivity contribution in [1.29, 1.82) is 0 Å². The Labute approximate surface area is 120 Å². The second-order valence-corrected chi connectivity index (χ2v) is 5.59. The predicted octanol–water partition coefficient (Wildman–Crippen LogP) is 2.49. The van der Waals surface area contributed by atoms with Crippen LogP contribution < -0.4 is 5.32 Å². The van der Waals surface area contributed by atoms with Gasteiger partial charge in [-0.15, -0.1) is 11.6 Å². The summed E-state index contributed by atoms with van der Waals surface area (Å²) in [5, 5.41) is 2.98. The molecule has 0 radical (unpaired) electrons. The van der Waals surface area contributed by atoms with E-state index in [0.29, 0.717) is 18.9 Å². The zero-order valence-corrected chi connectivity index (χ0v) is 12.5. The summed E-state index contributed by atoms with van der Waals surface area (Å²) in [5.41, 5.74) is 0. The van der Waals surface area contributed by atoms with E-state index in [0.717, 1.165) is 25.7 Å². The molecule has 0 heterocycles. The van der Waals surface area contributed by atoms with Crippen LogP contribution in [0.4, 0.5) is 0 Å². The van der Waals surface area contributed by atoms with E-state index >= 15 is 0 Å². The number of hydrogen-bond donors (Lipinski definition) is 1. The van der Waals surface area contributed by atoms with Gasteiger partial charge in [0.25, 0.3) is 0 Å². The van der Waals surface area contributed by atoms with Gasteiger partial charge in [0.05, 0.1) is 12.5 Å². The molecule has 0 aliphatic heterocycles. The van der Waals surface area contributed by atoms with E-state index < -0.39 is 0 Å². The molecule has 3 atom stereocenters. The minimum absolute atomic E-state index is 0.0191. The van der Waals surface area contributed by atoms with E-state index in [1.807, 2.05) is 6.92 Å². The summed E-state index contributed by atoms with van der Waals surface area (Å²) in [5.74, 6) is 0.238. The molecule has 1 fully saturated rings. The number of ether oxygens (including phenoxy) is 1. The fourth-order valence-electron chi connectivity index (χ4n) is 2.47. The van der Waals surface area contributed by atoms with E-state index in [4.69, 9.17) is 16.3 Å². The topological polar surface area (TPSA) is 55.4 Å². The molecule has 0 spiro atoms. The Hall–Kier alpha value is -0.770. The lowest BCUT2D eigenvalue weighted by atomic mass is 9.84. The SMILES string of the molecule is CCOC(=O)C1CCCCC1NC(=O)CC(C)CCl. The molecule has 1 rings (SSSR count). The number of amides is 1. The largest absolute Gasteiger partial charge is 0.466 e. The van der Waals surface area contributed by atoms with Crippen LogP contribution in [-0.4, -0.2) is 30.4 Å². The van der Waals surface area contributed by atoms with Crippen molar-refractivity contribution >= 4 is 23.5 Å². The number of carbonyl (C=O) groups excluding carboxylic acids is 2. The molecular weight excluding hydrogens is 266 g/mol. The van der Waals surface area contributed by atoms with Crippen LogP contribution >= 0.6 is 11.6 Å². The minimum Gasteiger partial charge on any atom is -0.466 e. The highest BCUT2D eigenvalue weighted by Gasteiger charge is 2.33. The minimum atomic E-state index is -0.191. The average Bonchev–Trinajstić information content (AvgIpc) is 2.39. The fraction of sp³-hybridized carbons (Fsp3) is 0.857. The summed E-state index contributed by atoms with van der Waals surface area (Å²) < 4.78 is 5.08. The van der Waals surface area contributed by atoms with Crippen molar-refractivity contribution in [2.75, 3.05) is 12.5 Å². The molecular formula is C14H24ClNO3. The van der Waals surface area contributed by atoms with Crippen LogP contribution in [0, 0.1) is 11.8 Å².